The smallest absolute Gasteiger partial charge is 0.220 e. The van der Waals surface area contributed by atoms with Crippen molar-refractivity contribution in [1.29, 1.82) is 5.26 Å². The fourth-order valence-corrected chi connectivity index (χ4v) is 1.51. The first-order chi connectivity index (χ1) is 8.17. The van der Waals surface area contributed by atoms with E-state index in [1.165, 1.54) is 0 Å². The molecule has 0 bridgehead atoms. The predicted octanol–water partition coefficient (Wildman–Crippen LogP) is 1.37. The second-order valence-corrected chi connectivity index (χ2v) is 3.81. The maximum atomic E-state index is 11.4. The van der Waals surface area contributed by atoms with E-state index >= 15 is 0 Å². The number of rotatable bonds is 5. The largest absolute Gasteiger partial charge is 0.349 e. The molecule has 0 fully saturated rings. The molecule has 0 radical (unpaired) electrons. The van der Waals surface area contributed by atoms with Crippen LogP contribution < -0.4 is 5.32 Å². The molecule has 1 atom stereocenters. The summed E-state index contributed by atoms with van der Waals surface area (Å²) < 4.78 is 0. The summed E-state index contributed by atoms with van der Waals surface area (Å²) in [5.74, 6) is -0.0802. The minimum atomic E-state index is -0.144. The normalized spacial score (nSPS) is 11.3. The zero-order chi connectivity index (χ0) is 12.7. The van der Waals surface area contributed by atoms with Crippen molar-refractivity contribution in [3.8, 4) is 6.07 Å². The van der Waals surface area contributed by atoms with Gasteiger partial charge in [0.1, 0.15) is 6.29 Å². The van der Waals surface area contributed by atoms with Gasteiger partial charge in [-0.2, -0.15) is 5.26 Å². The van der Waals surface area contributed by atoms with Crippen LogP contribution in [0.4, 0.5) is 0 Å². The van der Waals surface area contributed by atoms with Crippen LogP contribution in [-0.4, -0.2) is 18.7 Å². The summed E-state index contributed by atoms with van der Waals surface area (Å²) in [6.07, 6.45) is 0.990. The molecule has 0 spiro atoms. The van der Waals surface area contributed by atoms with Crippen LogP contribution in [0.3, 0.4) is 0 Å². The summed E-state index contributed by atoms with van der Waals surface area (Å²) >= 11 is 0. The van der Waals surface area contributed by atoms with E-state index in [1.807, 2.05) is 25.1 Å². The lowest BCUT2D eigenvalue weighted by atomic mass is 9.96. The molecule has 1 aromatic rings. The number of carbonyl (C=O) groups excluding carboxylic acids is 2. The van der Waals surface area contributed by atoms with Crippen LogP contribution in [0.15, 0.2) is 24.3 Å². The number of amides is 1. The SMILES string of the molecule is CC(CC(=O)NCC=O)c1ccc(C#N)cc1. The van der Waals surface area contributed by atoms with Crippen LogP contribution in [0.1, 0.15) is 30.4 Å². The summed E-state index contributed by atoms with van der Waals surface area (Å²) in [6, 6.07) is 9.19. The Morgan fingerprint density at radius 3 is 2.65 bits per heavy atom. The molecule has 4 heteroatoms. The minimum Gasteiger partial charge on any atom is -0.349 e. The first-order valence-electron chi connectivity index (χ1n) is 5.37. The molecular weight excluding hydrogens is 216 g/mol. The van der Waals surface area contributed by atoms with Crippen LogP contribution in [0.5, 0.6) is 0 Å². The fraction of sp³-hybridized carbons (Fsp3) is 0.308. The molecule has 0 heterocycles. The highest BCUT2D eigenvalue weighted by molar-refractivity contribution is 5.79. The van der Waals surface area contributed by atoms with Gasteiger partial charge in [-0.05, 0) is 23.6 Å². The Morgan fingerprint density at radius 1 is 1.47 bits per heavy atom. The maximum Gasteiger partial charge on any atom is 0.220 e. The number of nitrogens with one attached hydrogen (secondary N) is 1. The molecule has 1 aromatic carbocycles. The molecule has 0 aliphatic carbocycles. The average molecular weight is 230 g/mol. The van der Waals surface area contributed by atoms with Gasteiger partial charge in [-0.15, -0.1) is 0 Å². The number of hydrogen-bond acceptors (Lipinski definition) is 3. The van der Waals surface area contributed by atoms with Crippen molar-refractivity contribution in [3.63, 3.8) is 0 Å². The Balaban J connectivity index is 2.57. The van der Waals surface area contributed by atoms with E-state index in [0.717, 1.165) is 5.56 Å². The molecule has 0 saturated carbocycles. The van der Waals surface area contributed by atoms with Crippen molar-refractivity contribution in [1.82, 2.24) is 5.32 Å². The van der Waals surface area contributed by atoms with E-state index in [9.17, 15) is 9.59 Å². The number of aldehydes is 1. The average Bonchev–Trinajstić information content (AvgIpc) is 2.36. The standard InChI is InChI=1S/C13H14N2O2/c1-10(8-13(17)15-6-7-16)12-4-2-11(9-14)3-5-12/h2-5,7,10H,6,8H2,1H3,(H,15,17). The molecule has 0 saturated heterocycles. The third-order valence-corrected chi connectivity index (χ3v) is 2.48. The van der Waals surface area contributed by atoms with Gasteiger partial charge in [-0.3, -0.25) is 4.79 Å². The van der Waals surface area contributed by atoms with E-state index in [-0.39, 0.29) is 18.4 Å². The van der Waals surface area contributed by atoms with Crippen molar-refractivity contribution in [2.24, 2.45) is 0 Å². The van der Waals surface area contributed by atoms with E-state index < -0.39 is 0 Å². The Labute approximate surface area is 100 Å². The second-order valence-electron chi connectivity index (χ2n) is 3.81. The first kappa shape index (κ1) is 12.9. The maximum absolute atomic E-state index is 11.4. The van der Waals surface area contributed by atoms with Crippen LogP contribution >= 0.6 is 0 Å². The number of carbonyl (C=O) groups is 2. The Morgan fingerprint density at radius 2 is 2.12 bits per heavy atom. The Kier molecular flexibility index (Phi) is 4.89. The van der Waals surface area contributed by atoms with Crippen molar-refractivity contribution >= 4 is 12.2 Å². The van der Waals surface area contributed by atoms with Gasteiger partial charge in [0.25, 0.3) is 0 Å². The quantitative estimate of drug-likeness (QED) is 0.776. The lowest BCUT2D eigenvalue weighted by Crippen LogP contribution is -2.26. The molecule has 0 aromatic heterocycles. The predicted molar refractivity (Wildman–Crippen MR) is 63.3 cm³/mol. The second kappa shape index (κ2) is 6.44. The number of hydrogen-bond donors (Lipinski definition) is 1. The number of benzene rings is 1. The van der Waals surface area contributed by atoms with Gasteiger partial charge >= 0.3 is 0 Å². The first-order valence-corrected chi connectivity index (χ1v) is 5.37. The molecule has 17 heavy (non-hydrogen) atoms. The van der Waals surface area contributed by atoms with Crippen molar-refractivity contribution in [2.45, 2.75) is 19.3 Å². The summed E-state index contributed by atoms with van der Waals surface area (Å²) in [5, 5.41) is 11.2. The fourth-order valence-electron chi connectivity index (χ4n) is 1.51. The van der Waals surface area contributed by atoms with Crippen molar-refractivity contribution in [3.05, 3.63) is 35.4 Å². The highest BCUT2D eigenvalue weighted by atomic mass is 16.2. The lowest BCUT2D eigenvalue weighted by Gasteiger charge is -2.11. The Bertz CT molecular complexity index is 432. The summed E-state index contributed by atoms with van der Waals surface area (Å²) in [4.78, 5) is 21.5. The molecule has 4 nitrogen and oxygen atoms in total. The van der Waals surface area contributed by atoms with Crippen molar-refractivity contribution in [2.75, 3.05) is 6.54 Å². The van der Waals surface area contributed by atoms with E-state index in [2.05, 4.69) is 5.32 Å². The Hall–Kier alpha value is -2.15. The van der Waals surface area contributed by atoms with Crippen LogP contribution in [-0.2, 0) is 9.59 Å². The van der Waals surface area contributed by atoms with E-state index in [1.54, 1.807) is 12.1 Å². The monoisotopic (exact) mass is 230 g/mol. The van der Waals surface area contributed by atoms with Gasteiger partial charge in [0.2, 0.25) is 5.91 Å². The van der Waals surface area contributed by atoms with E-state index in [4.69, 9.17) is 5.26 Å². The molecule has 0 aliphatic heterocycles. The zero-order valence-corrected chi connectivity index (χ0v) is 9.64. The van der Waals surface area contributed by atoms with Crippen LogP contribution in [0, 0.1) is 11.3 Å². The lowest BCUT2D eigenvalue weighted by molar-refractivity contribution is -0.122. The van der Waals surface area contributed by atoms with Crippen molar-refractivity contribution < 1.29 is 9.59 Å². The summed E-state index contributed by atoms with van der Waals surface area (Å²) in [5.41, 5.74) is 1.61. The molecule has 1 N–H and O–H groups in total. The zero-order valence-electron chi connectivity index (χ0n) is 9.64. The van der Waals surface area contributed by atoms with Gasteiger partial charge in [0, 0.05) is 6.42 Å². The molecule has 1 rings (SSSR count). The highest BCUT2D eigenvalue weighted by Gasteiger charge is 2.10. The molecule has 88 valence electrons. The molecule has 1 unspecified atom stereocenters. The number of nitriles is 1. The highest BCUT2D eigenvalue weighted by Crippen LogP contribution is 2.19. The molecule has 1 amide bonds. The molecule has 0 aliphatic rings. The topological polar surface area (TPSA) is 70.0 Å². The van der Waals surface area contributed by atoms with E-state index in [0.29, 0.717) is 18.3 Å². The van der Waals surface area contributed by atoms with Gasteiger partial charge in [0.15, 0.2) is 0 Å². The third-order valence-electron chi connectivity index (χ3n) is 2.48. The number of nitrogens with zero attached hydrogens (tertiary/aromatic N) is 1. The van der Waals surface area contributed by atoms with Gasteiger partial charge in [-0.1, -0.05) is 19.1 Å². The minimum absolute atomic E-state index is 0.0545. The summed E-state index contributed by atoms with van der Waals surface area (Å²) in [7, 11) is 0. The van der Waals surface area contributed by atoms with Gasteiger partial charge in [0.05, 0.1) is 18.2 Å². The summed E-state index contributed by atoms with van der Waals surface area (Å²) in [6.45, 7) is 1.99. The molecular formula is C13H14N2O2. The third kappa shape index (κ3) is 4.07. The van der Waals surface area contributed by atoms with Gasteiger partial charge in [-0.25, -0.2) is 0 Å². The van der Waals surface area contributed by atoms with Gasteiger partial charge < -0.3 is 10.1 Å². The van der Waals surface area contributed by atoms with Crippen LogP contribution in [0.2, 0.25) is 0 Å². The van der Waals surface area contributed by atoms with Crippen LogP contribution in [0.25, 0.3) is 0 Å².